The van der Waals surface area contributed by atoms with E-state index in [-0.39, 0.29) is 18.1 Å². The lowest BCUT2D eigenvalue weighted by Gasteiger charge is -2.46. The van der Waals surface area contributed by atoms with E-state index in [1.54, 1.807) is 0 Å². The van der Waals surface area contributed by atoms with Gasteiger partial charge in [0.2, 0.25) is 6.41 Å². The van der Waals surface area contributed by atoms with Gasteiger partial charge in [-0.05, 0) is 45.2 Å². The molecule has 1 aliphatic carbocycles. The van der Waals surface area contributed by atoms with E-state index in [1.165, 1.54) is 12.8 Å². The zero-order chi connectivity index (χ0) is 18.4. The van der Waals surface area contributed by atoms with E-state index in [0.29, 0.717) is 12.5 Å². The Morgan fingerprint density at radius 3 is 2.54 bits per heavy atom. The molecule has 7 heteroatoms. The molecule has 2 atom stereocenters. The van der Waals surface area contributed by atoms with E-state index < -0.39 is 0 Å². The second-order valence-corrected chi connectivity index (χ2v) is 7.74. The average Bonchev–Trinajstić information content (AvgIpc) is 2.70. The van der Waals surface area contributed by atoms with Gasteiger partial charge < -0.3 is 10.1 Å². The van der Waals surface area contributed by atoms with Crippen LogP contribution in [0.4, 0.5) is 0 Å². The van der Waals surface area contributed by atoms with Crippen molar-refractivity contribution < 1.29 is 14.3 Å². The summed E-state index contributed by atoms with van der Waals surface area (Å²) in [7, 11) is 0. The maximum atomic E-state index is 11.8. The summed E-state index contributed by atoms with van der Waals surface area (Å²) >= 11 is 0. The maximum Gasteiger partial charge on any atom is 0.305 e. The Hall–Kier alpha value is -1.18. The summed E-state index contributed by atoms with van der Waals surface area (Å²) in [5, 5.41) is 7.53. The number of hydrazine groups is 1. The number of ether oxygens (including phenoxy) is 1. The lowest BCUT2D eigenvalue weighted by molar-refractivity contribution is -0.158. The lowest BCUT2D eigenvalue weighted by atomic mass is 9.92. The van der Waals surface area contributed by atoms with Crippen LogP contribution in [0.25, 0.3) is 0 Å². The van der Waals surface area contributed by atoms with Crippen LogP contribution in [0.2, 0.25) is 0 Å². The Kier molecular flexibility index (Phi) is 7.28. The van der Waals surface area contributed by atoms with Crippen LogP contribution in [0, 0.1) is 0 Å². The van der Waals surface area contributed by atoms with E-state index >= 15 is 0 Å². The third-order valence-corrected chi connectivity index (χ3v) is 6.11. The normalized spacial score (nSPS) is 29.3. The number of hydrogen-bond acceptors (Lipinski definition) is 6. The molecule has 2 aliphatic heterocycles. The van der Waals surface area contributed by atoms with Gasteiger partial charge in [-0.15, -0.1) is 0 Å². The monoisotopic (exact) mass is 366 g/mol. The molecule has 0 radical (unpaired) electrons. The van der Waals surface area contributed by atoms with Crippen molar-refractivity contribution in [1.82, 2.24) is 20.2 Å². The Balaban J connectivity index is 1.50. The molecule has 2 heterocycles. The highest BCUT2D eigenvalue weighted by atomic mass is 16.5. The van der Waals surface area contributed by atoms with Crippen molar-refractivity contribution in [3.05, 3.63) is 0 Å². The van der Waals surface area contributed by atoms with Gasteiger partial charge in [0.1, 0.15) is 6.10 Å². The Morgan fingerprint density at radius 2 is 1.88 bits per heavy atom. The average molecular weight is 367 g/mol. The van der Waals surface area contributed by atoms with Gasteiger partial charge >= 0.3 is 5.97 Å². The number of carbonyl (C=O) groups is 2. The van der Waals surface area contributed by atoms with Crippen LogP contribution in [0.1, 0.15) is 51.9 Å². The van der Waals surface area contributed by atoms with Crippen LogP contribution >= 0.6 is 0 Å². The highest BCUT2D eigenvalue weighted by Gasteiger charge is 2.33. The molecule has 148 valence electrons. The van der Waals surface area contributed by atoms with Crippen molar-refractivity contribution in [3.8, 4) is 0 Å². The summed E-state index contributed by atoms with van der Waals surface area (Å²) in [6, 6.07) is 0.844. The van der Waals surface area contributed by atoms with Crippen LogP contribution < -0.4 is 5.32 Å². The van der Waals surface area contributed by atoms with Gasteiger partial charge in [0.15, 0.2) is 0 Å². The number of esters is 1. The Bertz CT molecular complexity index is 462. The predicted octanol–water partition coefficient (Wildman–Crippen LogP) is 0.994. The van der Waals surface area contributed by atoms with Crippen LogP contribution in [0.5, 0.6) is 0 Å². The van der Waals surface area contributed by atoms with Gasteiger partial charge in [0, 0.05) is 45.1 Å². The minimum absolute atomic E-state index is 0.0420. The first-order valence-corrected chi connectivity index (χ1v) is 10.3. The zero-order valence-corrected chi connectivity index (χ0v) is 16.1. The molecule has 0 aromatic carbocycles. The molecule has 2 unspecified atom stereocenters. The van der Waals surface area contributed by atoms with Crippen LogP contribution in [0.3, 0.4) is 0 Å². The van der Waals surface area contributed by atoms with Gasteiger partial charge in [-0.2, -0.15) is 0 Å². The first kappa shape index (κ1) is 19.6. The SMILES string of the molecule is CCC(=O)OC1CCCC(N(C=O)N2CCN(C3CCNCC3)CC2)C1. The molecule has 7 nitrogen and oxygen atoms in total. The van der Waals surface area contributed by atoms with E-state index in [9.17, 15) is 9.59 Å². The summed E-state index contributed by atoms with van der Waals surface area (Å²) < 4.78 is 5.53. The summed E-state index contributed by atoms with van der Waals surface area (Å²) in [5.41, 5.74) is 0. The third-order valence-electron chi connectivity index (χ3n) is 6.11. The number of nitrogens with one attached hydrogen (secondary N) is 1. The number of carbonyl (C=O) groups excluding carboxylic acids is 2. The molecule has 0 bridgehead atoms. The molecule has 0 aromatic rings. The van der Waals surface area contributed by atoms with Gasteiger partial charge in [-0.1, -0.05) is 6.92 Å². The molecule has 26 heavy (non-hydrogen) atoms. The minimum Gasteiger partial charge on any atom is -0.462 e. The van der Waals surface area contributed by atoms with Gasteiger partial charge in [0.25, 0.3) is 0 Å². The minimum atomic E-state index is -0.135. The van der Waals surface area contributed by atoms with E-state index in [2.05, 4.69) is 15.2 Å². The van der Waals surface area contributed by atoms with Crippen molar-refractivity contribution in [2.45, 2.75) is 70.1 Å². The fourth-order valence-electron chi connectivity index (χ4n) is 4.60. The molecular weight excluding hydrogens is 332 g/mol. The van der Waals surface area contributed by atoms with Gasteiger partial charge in [0.05, 0.1) is 6.04 Å². The highest BCUT2D eigenvalue weighted by molar-refractivity contribution is 5.69. The van der Waals surface area contributed by atoms with Gasteiger partial charge in [-0.25, -0.2) is 5.01 Å². The zero-order valence-electron chi connectivity index (χ0n) is 16.1. The van der Waals surface area contributed by atoms with Crippen molar-refractivity contribution in [2.24, 2.45) is 0 Å². The summed E-state index contributed by atoms with van der Waals surface area (Å²) in [6.45, 7) is 7.90. The molecule has 2 saturated heterocycles. The fourth-order valence-corrected chi connectivity index (χ4v) is 4.60. The van der Waals surface area contributed by atoms with Crippen molar-refractivity contribution >= 4 is 12.4 Å². The fraction of sp³-hybridized carbons (Fsp3) is 0.895. The molecule has 1 N–H and O–H groups in total. The standard InChI is InChI=1S/C19H34N4O3/c1-2-19(25)26-18-5-3-4-17(14-18)23(15-24)22-12-10-21(11-13-22)16-6-8-20-9-7-16/h15-18,20H,2-14H2,1H3. The van der Waals surface area contributed by atoms with E-state index in [1.807, 2.05) is 11.9 Å². The summed E-state index contributed by atoms with van der Waals surface area (Å²) in [4.78, 5) is 26.0. The second kappa shape index (κ2) is 9.67. The number of hydrogen-bond donors (Lipinski definition) is 1. The molecule has 3 fully saturated rings. The quantitative estimate of drug-likeness (QED) is 0.559. The molecule has 3 rings (SSSR count). The van der Waals surface area contributed by atoms with E-state index in [4.69, 9.17) is 4.74 Å². The first-order chi connectivity index (χ1) is 12.7. The lowest BCUT2D eigenvalue weighted by Crippen LogP contribution is -2.59. The van der Waals surface area contributed by atoms with Crippen molar-refractivity contribution in [2.75, 3.05) is 39.3 Å². The van der Waals surface area contributed by atoms with Crippen LogP contribution in [-0.4, -0.2) is 84.8 Å². The third kappa shape index (κ3) is 4.96. The molecule has 0 spiro atoms. The smallest absolute Gasteiger partial charge is 0.305 e. The van der Waals surface area contributed by atoms with Crippen molar-refractivity contribution in [3.63, 3.8) is 0 Å². The highest BCUT2D eigenvalue weighted by Crippen LogP contribution is 2.27. The van der Waals surface area contributed by atoms with Crippen LogP contribution in [-0.2, 0) is 14.3 Å². The first-order valence-electron chi connectivity index (χ1n) is 10.3. The Labute approximate surface area is 157 Å². The number of nitrogens with zero attached hydrogens (tertiary/aromatic N) is 3. The summed E-state index contributed by atoms with van der Waals surface area (Å²) in [6.07, 6.45) is 7.48. The van der Waals surface area contributed by atoms with E-state index in [0.717, 1.165) is 71.4 Å². The maximum absolute atomic E-state index is 11.8. The molecule has 0 aromatic heterocycles. The summed E-state index contributed by atoms with van der Waals surface area (Å²) in [5.74, 6) is -0.135. The number of piperidine rings is 1. The second-order valence-electron chi connectivity index (χ2n) is 7.74. The molecule has 1 amide bonds. The Morgan fingerprint density at radius 1 is 1.15 bits per heavy atom. The van der Waals surface area contributed by atoms with Crippen molar-refractivity contribution in [1.29, 1.82) is 0 Å². The predicted molar refractivity (Wildman–Crippen MR) is 99.4 cm³/mol. The van der Waals surface area contributed by atoms with Gasteiger partial charge in [-0.3, -0.25) is 19.5 Å². The topological polar surface area (TPSA) is 65.1 Å². The molecular formula is C19H34N4O3. The number of rotatable bonds is 6. The number of piperazine rings is 1. The molecule has 1 saturated carbocycles. The molecule has 3 aliphatic rings. The van der Waals surface area contributed by atoms with Crippen LogP contribution in [0.15, 0.2) is 0 Å². The number of amides is 1. The largest absolute Gasteiger partial charge is 0.462 e.